The van der Waals surface area contributed by atoms with Crippen molar-refractivity contribution in [1.29, 1.82) is 0 Å². The van der Waals surface area contributed by atoms with Gasteiger partial charge in [-0.3, -0.25) is 9.69 Å². The van der Waals surface area contributed by atoms with Gasteiger partial charge in [0.15, 0.2) is 12.4 Å². The summed E-state index contributed by atoms with van der Waals surface area (Å²) in [5, 5.41) is 0. The van der Waals surface area contributed by atoms with Gasteiger partial charge in [-0.2, -0.15) is 13.8 Å². The van der Waals surface area contributed by atoms with E-state index in [9.17, 15) is 26.7 Å². The van der Waals surface area contributed by atoms with E-state index in [2.05, 4.69) is 9.72 Å². The monoisotopic (exact) mass is 447 g/mol. The minimum Gasteiger partial charge on any atom is -0.481 e. The molecule has 0 aliphatic carbocycles. The smallest absolute Gasteiger partial charge is 0.340 e. The highest BCUT2D eigenvalue weighted by Gasteiger charge is 2.42. The van der Waals surface area contributed by atoms with Crippen LogP contribution in [0.25, 0.3) is 0 Å². The van der Waals surface area contributed by atoms with Gasteiger partial charge in [-0.15, -0.1) is 12.4 Å². The van der Waals surface area contributed by atoms with Crippen molar-refractivity contribution < 1.29 is 36.2 Å². The van der Waals surface area contributed by atoms with Crippen LogP contribution in [0, 0.1) is 5.82 Å². The molecular formula is C17H23ClF5N3O3. The molecule has 2 rings (SSSR count). The minimum atomic E-state index is -4.44. The molecule has 1 saturated heterocycles. The SMILES string of the molecule is COc1nc(OCC(F)(F)C(F)F)c(F)cc1CN(C)C(=O)[C@@H]1CCCN1C.Cl. The number of ether oxygens (including phenoxy) is 2. The number of carbonyl (C=O) groups excluding carboxylic acids is 1. The molecule has 0 unspecified atom stereocenters. The van der Waals surface area contributed by atoms with Crippen molar-refractivity contribution >= 4 is 18.3 Å². The lowest BCUT2D eigenvalue weighted by Crippen LogP contribution is -2.42. The number of aromatic nitrogens is 1. The first-order valence-electron chi connectivity index (χ1n) is 8.54. The van der Waals surface area contributed by atoms with Crippen LogP contribution >= 0.6 is 12.4 Å². The number of rotatable bonds is 8. The number of nitrogens with zero attached hydrogens (tertiary/aromatic N) is 3. The average molecular weight is 448 g/mol. The predicted octanol–water partition coefficient (Wildman–Crippen LogP) is 2.98. The summed E-state index contributed by atoms with van der Waals surface area (Å²) in [6, 6.07) is 0.650. The first-order valence-corrected chi connectivity index (χ1v) is 8.54. The van der Waals surface area contributed by atoms with Crippen molar-refractivity contribution in [2.45, 2.75) is 37.8 Å². The number of hydrogen-bond donors (Lipinski definition) is 0. The van der Waals surface area contributed by atoms with E-state index in [1.165, 1.54) is 12.0 Å². The van der Waals surface area contributed by atoms with Gasteiger partial charge in [0.1, 0.15) is 0 Å². The molecule has 1 aromatic rings. The van der Waals surface area contributed by atoms with Gasteiger partial charge in [0.25, 0.3) is 5.88 Å². The van der Waals surface area contributed by atoms with Crippen molar-refractivity contribution in [3.63, 3.8) is 0 Å². The summed E-state index contributed by atoms with van der Waals surface area (Å²) in [5.74, 6) is -6.76. The van der Waals surface area contributed by atoms with Crippen LogP contribution in [0.15, 0.2) is 6.07 Å². The number of methoxy groups -OCH3 is 1. The molecule has 12 heteroatoms. The largest absolute Gasteiger partial charge is 0.481 e. The lowest BCUT2D eigenvalue weighted by atomic mass is 10.1. The van der Waals surface area contributed by atoms with E-state index >= 15 is 0 Å². The maximum atomic E-state index is 14.2. The molecule has 1 aliphatic rings. The second kappa shape index (κ2) is 10.2. The fraction of sp³-hybridized carbons (Fsp3) is 0.647. The Morgan fingerprint density at radius 3 is 2.59 bits per heavy atom. The standard InChI is InChI=1S/C17H22F5N3O3.ClH/c1-24-6-4-5-12(24)15(26)25(2)8-10-7-11(18)14(23-13(10)27-3)28-9-17(21,22)16(19)20;/h7,12,16H,4-6,8-9H2,1-3H3;1H/t12-;/m0./s1. The number of hydrogen-bond acceptors (Lipinski definition) is 5. The Labute approximate surface area is 171 Å². The van der Waals surface area contributed by atoms with Gasteiger partial charge in [-0.1, -0.05) is 0 Å². The summed E-state index contributed by atoms with van der Waals surface area (Å²) in [6.45, 7) is -0.966. The van der Waals surface area contributed by atoms with Gasteiger partial charge in [0, 0.05) is 12.6 Å². The van der Waals surface area contributed by atoms with Crippen LogP contribution in [-0.2, 0) is 11.3 Å². The van der Waals surface area contributed by atoms with E-state index in [1.807, 2.05) is 11.9 Å². The molecule has 6 nitrogen and oxygen atoms in total. The molecule has 1 aliphatic heterocycles. The lowest BCUT2D eigenvalue weighted by molar-refractivity contribution is -0.149. The van der Waals surface area contributed by atoms with Crippen LogP contribution in [0.3, 0.4) is 0 Å². The number of alkyl halides is 4. The maximum Gasteiger partial charge on any atom is 0.340 e. The highest BCUT2D eigenvalue weighted by molar-refractivity contribution is 5.85. The number of halogens is 6. The van der Waals surface area contributed by atoms with Gasteiger partial charge in [0.2, 0.25) is 11.8 Å². The number of carbonyl (C=O) groups is 1. The van der Waals surface area contributed by atoms with Gasteiger partial charge in [-0.25, -0.2) is 13.2 Å². The zero-order valence-electron chi connectivity index (χ0n) is 16.1. The molecule has 0 N–H and O–H groups in total. The van der Waals surface area contributed by atoms with Crippen LogP contribution in [0.1, 0.15) is 18.4 Å². The van der Waals surface area contributed by atoms with Crippen molar-refractivity contribution in [3.8, 4) is 11.8 Å². The van der Waals surface area contributed by atoms with E-state index < -0.39 is 30.7 Å². The van der Waals surface area contributed by atoms with Crippen molar-refractivity contribution in [3.05, 3.63) is 17.4 Å². The van der Waals surface area contributed by atoms with E-state index in [0.717, 1.165) is 19.0 Å². The lowest BCUT2D eigenvalue weighted by Gasteiger charge is -2.25. The van der Waals surface area contributed by atoms with E-state index in [-0.39, 0.29) is 42.3 Å². The Hall–Kier alpha value is -1.88. The van der Waals surface area contributed by atoms with Gasteiger partial charge in [0.05, 0.1) is 19.7 Å². The molecule has 0 aromatic carbocycles. The number of likely N-dealkylation sites (N-methyl/N-ethyl adjacent to an activating group) is 2. The van der Waals surface area contributed by atoms with Crippen LogP contribution in [0.5, 0.6) is 11.8 Å². The third-order valence-electron chi connectivity index (χ3n) is 4.49. The van der Waals surface area contributed by atoms with E-state index in [0.29, 0.717) is 6.42 Å². The molecule has 0 spiro atoms. The van der Waals surface area contributed by atoms with Gasteiger partial charge < -0.3 is 14.4 Å². The van der Waals surface area contributed by atoms with Crippen LogP contribution in [0.4, 0.5) is 22.0 Å². The highest BCUT2D eigenvalue weighted by atomic mass is 35.5. The molecule has 2 heterocycles. The molecule has 166 valence electrons. The summed E-state index contributed by atoms with van der Waals surface area (Å²) in [5.41, 5.74) is 0.185. The van der Waals surface area contributed by atoms with Crippen molar-refractivity contribution in [1.82, 2.24) is 14.8 Å². The van der Waals surface area contributed by atoms with E-state index in [4.69, 9.17) is 4.74 Å². The maximum absolute atomic E-state index is 14.2. The van der Waals surface area contributed by atoms with Crippen molar-refractivity contribution in [2.24, 2.45) is 0 Å². The third-order valence-corrected chi connectivity index (χ3v) is 4.49. The van der Waals surface area contributed by atoms with Gasteiger partial charge in [-0.05, 0) is 32.5 Å². The fourth-order valence-electron chi connectivity index (χ4n) is 2.92. The molecule has 0 radical (unpaired) electrons. The van der Waals surface area contributed by atoms with E-state index in [1.54, 1.807) is 7.05 Å². The predicted molar refractivity (Wildman–Crippen MR) is 96.6 cm³/mol. The molecule has 1 aromatic heterocycles. The normalized spacial score (nSPS) is 17.2. The second-order valence-electron chi connectivity index (χ2n) is 6.63. The zero-order chi connectivity index (χ0) is 21.1. The Morgan fingerprint density at radius 1 is 1.41 bits per heavy atom. The average Bonchev–Trinajstić information content (AvgIpc) is 3.06. The topological polar surface area (TPSA) is 54.9 Å². The van der Waals surface area contributed by atoms with Crippen molar-refractivity contribution in [2.75, 3.05) is 34.4 Å². The first kappa shape index (κ1) is 25.2. The quantitative estimate of drug-likeness (QED) is 0.573. The fourth-order valence-corrected chi connectivity index (χ4v) is 2.92. The van der Waals surface area contributed by atoms with Crippen LogP contribution < -0.4 is 9.47 Å². The summed E-state index contributed by atoms with van der Waals surface area (Å²) in [4.78, 5) is 19.5. The molecular weight excluding hydrogens is 425 g/mol. The minimum absolute atomic E-state index is 0. The Morgan fingerprint density at radius 2 is 2.07 bits per heavy atom. The van der Waals surface area contributed by atoms with Gasteiger partial charge >= 0.3 is 12.3 Å². The van der Waals surface area contributed by atoms with Crippen LogP contribution in [-0.4, -0.2) is 73.4 Å². The molecule has 29 heavy (non-hydrogen) atoms. The first-order chi connectivity index (χ1) is 13.1. The number of pyridine rings is 1. The zero-order valence-corrected chi connectivity index (χ0v) is 16.9. The highest BCUT2D eigenvalue weighted by Crippen LogP contribution is 2.28. The molecule has 1 atom stereocenters. The third kappa shape index (κ3) is 6.05. The summed E-state index contributed by atoms with van der Waals surface area (Å²) < 4.78 is 73.9. The molecule has 0 bridgehead atoms. The molecule has 0 saturated carbocycles. The number of likely N-dealkylation sites (tertiary alicyclic amines) is 1. The molecule has 1 amide bonds. The van der Waals surface area contributed by atoms with Crippen LogP contribution in [0.2, 0.25) is 0 Å². The summed E-state index contributed by atoms with van der Waals surface area (Å²) in [6.07, 6.45) is -2.34. The summed E-state index contributed by atoms with van der Waals surface area (Å²) in [7, 11) is 4.60. The second-order valence-corrected chi connectivity index (χ2v) is 6.63. The Balaban J connectivity index is 0.00000420. The summed E-state index contributed by atoms with van der Waals surface area (Å²) >= 11 is 0. The Kier molecular flexibility index (Phi) is 8.88. The number of amides is 1. The Bertz CT molecular complexity index is 711. The molecule has 1 fully saturated rings.